The Kier molecular flexibility index (Phi) is 6.57. The largest absolute Gasteiger partial charge is 0.360 e. The highest BCUT2D eigenvalue weighted by Gasteiger charge is 2.56. The first-order valence-electron chi connectivity index (χ1n) is 14.4. The maximum Gasteiger partial charge on any atom is 0.261 e. The van der Waals surface area contributed by atoms with Gasteiger partial charge in [0.15, 0.2) is 5.79 Å². The molecule has 2 amide bonds. The molecule has 1 aliphatic carbocycles. The molecule has 2 N–H and O–H groups in total. The van der Waals surface area contributed by atoms with Crippen LogP contribution in [0, 0.1) is 5.92 Å². The van der Waals surface area contributed by atoms with E-state index in [0.29, 0.717) is 30.0 Å². The van der Waals surface area contributed by atoms with E-state index < -0.39 is 17.3 Å². The van der Waals surface area contributed by atoms with Crippen LogP contribution in [0.15, 0.2) is 91.0 Å². The van der Waals surface area contributed by atoms with Crippen LogP contribution in [0.2, 0.25) is 0 Å². The van der Waals surface area contributed by atoms with E-state index in [1.165, 1.54) is 0 Å². The highest BCUT2D eigenvalue weighted by atomic mass is 16.8. The molecule has 42 heavy (non-hydrogen) atoms. The molecule has 0 spiro atoms. The molecule has 1 saturated carbocycles. The second-order valence-electron chi connectivity index (χ2n) is 11.8. The van der Waals surface area contributed by atoms with Gasteiger partial charge in [0.25, 0.3) is 5.91 Å². The molecule has 7 rings (SSSR count). The Morgan fingerprint density at radius 1 is 0.857 bits per heavy atom. The van der Waals surface area contributed by atoms with Crippen LogP contribution in [0.3, 0.4) is 0 Å². The molecule has 2 fully saturated rings. The van der Waals surface area contributed by atoms with E-state index in [4.69, 9.17) is 14.2 Å². The van der Waals surface area contributed by atoms with Gasteiger partial charge >= 0.3 is 0 Å². The number of aromatic nitrogens is 2. The van der Waals surface area contributed by atoms with Crippen LogP contribution >= 0.6 is 0 Å². The van der Waals surface area contributed by atoms with Crippen LogP contribution in [-0.4, -0.2) is 46.6 Å². The number of hydrogen-bond donors (Lipinski definition) is 2. The van der Waals surface area contributed by atoms with Crippen LogP contribution in [0.25, 0.3) is 0 Å². The van der Waals surface area contributed by atoms with Crippen LogP contribution in [0.1, 0.15) is 64.6 Å². The van der Waals surface area contributed by atoms with Crippen LogP contribution < -0.4 is 5.32 Å². The molecule has 3 aromatic carbocycles. The summed E-state index contributed by atoms with van der Waals surface area (Å²) in [5.74, 6) is -1.80. The van der Waals surface area contributed by atoms with E-state index in [1.54, 1.807) is 0 Å². The number of carbonyl (C=O) groups excluding carboxylic acids is 2. The fourth-order valence-electron chi connectivity index (χ4n) is 6.96. The molecule has 8 heteroatoms. The molecule has 214 valence electrons. The lowest BCUT2D eigenvalue weighted by atomic mass is 9.80. The van der Waals surface area contributed by atoms with Crippen LogP contribution in [-0.2, 0) is 31.0 Å². The number of amides is 2. The Balaban J connectivity index is 1.27. The van der Waals surface area contributed by atoms with Crippen LogP contribution in [0.5, 0.6) is 0 Å². The van der Waals surface area contributed by atoms with Crippen molar-refractivity contribution < 1.29 is 23.8 Å². The molecule has 4 aromatic rings. The minimum atomic E-state index is -0.863. The van der Waals surface area contributed by atoms with Gasteiger partial charge in [-0.15, -0.1) is 0 Å². The maximum absolute atomic E-state index is 12.9. The van der Waals surface area contributed by atoms with Gasteiger partial charge in [0.2, 0.25) is 5.91 Å². The molecular weight excluding hydrogens is 530 g/mol. The average molecular weight is 564 g/mol. The van der Waals surface area contributed by atoms with E-state index in [2.05, 4.69) is 51.9 Å². The molecule has 0 radical (unpaired) electrons. The van der Waals surface area contributed by atoms with Gasteiger partial charge in [0.05, 0.1) is 42.2 Å². The van der Waals surface area contributed by atoms with Crippen LogP contribution in [0.4, 0.5) is 0 Å². The molecule has 0 bridgehead atoms. The summed E-state index contributed by atoms with van der Waals surface area (Å²) in [5, 5.41) is 9.92. The second-order valence-corrected chi connectivity index (χ2v) is 11.8. The normalized spacial score (nSPS) is 24.7. The summed E-state index contributed by atoms with van der Waals surface area (Å²) in [6.45, 7) is 4.20. The summed E-state index contributed by atoms with van der Waals surface area (Å²) < 4.78 is 20.1. The maximum atomic E-state index is 12.9. The zero-order valence-corrected chi connectivity index (χ0v) is 23.6. The number of rotatable bonds is 7. The third-order valence-corrected chi connectivity index (χ3v) is 8.67. The van der Waals surface area contributed by atoms with E-state index in [0.717, 1.165) is 16.7 Å². The van der Waals surface area contributed by atoms with E-state index in [9.17, 15) is 9.59 Å². The summed E-state index contributed by atoms with van der Waals surface area (Å²) >= 11 is 0. The predicted octanol–water partition coefficient (Wildman–Crippen LogP) is 4.85. The summed E-state index contributed by atoms with van der Waals surface area (Å²) in [6, 6.07) is 30.9. The minimum absolute atomic E-state index is 0.0436. The number of ether oxygens (including phenoxy) is 3. The van der Waals surface area contributed by atoms with Crippen molar-refractivity contribution >= 4 is 11.8 Å². The molecule has 8 nitrogen and oxygen atoms in total. The minimum Gasteiger partial charge on any atom is -0.360 e. The van der Waals surface area contributed by atoms with Gasteiger partial charge in [-0.05, 0) is 37.0 Å². The zero-order valence-electron chi connectivity index (χ0n) is 23.6. The van der Waals surface area contributed by atoms with Gasteiger partial charge in [-0.3, -0.25) is 20.0 Å². The third kappa shape index (κ3) is 4.47. The molecule has 4 atom stereocenters. The monoisotopic (exact) mass is 563 g/mol. The van der Waals surface area contributed by atoms with Gasteiger partial charge < -0.3 is 14.2 Å². The molecular formula is C34H33N3O5. The molecule has 2 aliphatic heterocycles. The standard InChI is InChI=1S/C34H33N3O5/c1-33(2)41-30-21(18-25(31(30)42-33)29-28-26(36-37-29)19-27(38)35-32(28)39)20-40-34(22-12-6-3-7-13-22,23-14-8-4-9-15-23)24-16-10-5-11-17-24/h3-17,21,25,30-31H,18-20H2,1-2H3,(H,36,37)(H,35,38,39)/t21-,25+,30-,31+/m1/s1. The van der Waals surface area contributed by atoms with Crippen molar-refractivity contribution in [2.24, 2.45) is 5.92 Å². The van der Waals surface area contributed by atoms with E-state index >= 15 is 0 Å². The van der Waals surface area contributed by atoms with Gasteiger partial charge in [-0.2, -0.15) is 5.10 Å². The number of imide groups is 1. The summed E-state index contributed by atoms with van der Waals surface area (Å²) in [4.78, 5) is 24.9. The van der Waals surface area contributed by atoms with Gasteiger partial charge in [0.1, 0.15) is 5.60 Å². The summed E-state index contributed by atoms with van der Waals surface area (Å²) in [7, 11) is 0. The van der Waals surface area contributed by atoms with Crippen molar-refractivity contribution in [3.8, 4) is 0 Å². The number of benzene rings is 3. The number of H-pyrrole nitrogens is 1. The van der Waals surface area contributed by atoms with Gasteiger partial charge in [-0.25, -0.2) is 0 Å². The van der Waals surface area contributed by atoms with Crippen molar-refractivity contribution in [1.82, 2.24) is 15.5 Å². The number of carbonyl (C=O) groups is 2. The Morgan fingerprint density at radius 3 is 1.98 bits per heavy atom. The quantitative estimate of drug-likeness (QED) is 0.246. The number of hydrogen-bond acceptors (Lipinski definition) is 6. The fraction of sp³-hybridized carbons (Fsp3) is 0.324. The van der Waals surface area contributed by atoms with E-state index in [1.807, 2.05) is 68.4 Å². The molecule has 1 aromatic heterocycles. The van der Waals surface area contributed by atoms with E-state index in [-0.39, 0.29) is 36.4 Å². The Bertz CT molecular complexity index is 1510. The first-order chi connectivity index (χ1) is 20.4. The Hall–Kier alpha value is -4.11. The first kappa shape index (κ1) is 26.8. The topological polar surface area (TPSA) is 103 Å². The molecule has 1 saturated heterocycles. The molecule has 0 unspecified atom stereocenters. The fourth-order valence-corrected chi connectivity index (χ4v) is 6.96. The number of nitrogens with zero attached hydrogens (tertiary/aromatic N) is 1. The Labute approximate surface area is 244 Å². The van der Waals surface area contributed by atoms with Crippen molar-refractivity contribution in [1.29, 1.82) is 0 Å². The lowest BCUT2D eigenvalue weighted by Gasteiger charge is -2.37. The second kappa shape index (κ2) is 10.3. The smallest absolute Gasteiger partial charge is 0.261 e. The molecule has 3 heterocycles. The summed E-state index contributed by atoms with van der Waals surface area (Å²) in [5.41, 5.74) is 3.83. The SMILES string of the molecule is CC1(C)O[C@@H]2[C@@H](COC(c3ccccc3)(c3ccccc3)c3ccccc3)C[C@@H](c3n[nH]c4c3C(=O)NC(=O)C4)[C@@H]2O1. The Morgan fingerprint density at radius 2 is 1.40 bits per heavy atom. The lowest BCUT2D eigenvalue weighted by Crippen LogP contribution is -2.38. The predicted molar refractivity (Wildman–Crippen MR) is 155 cm³/mol. The molecule has 3 aliphatic rings. The number of fused-ring (bicyclic) bond motifs is 2. The third-order valence-electron chi connectivity index (χ3n) is 8.67. The average Bonchev–Trinajstić information content (AvgIpc) is 3.66. The lowest BCUT2D eigenvalue weighted by molar-refractivity contribution is -0.162. The highest BCUT2D eigenvalue weighted by Crippen LogP contribution is 2.51. The van der Waals surface area contributed by atoms with Crippen molar-refractivity contribution in [3.05, 3.63) is 125 Å². The van der Waals surface area contributed by atoms with Gasteiger partial charge in [0, 0.05) is 11.8 Å². The van der Waals surface area contributed by atoms with Crippen molar-refractivity contribution in [3.63, 3.8) is 0 Å². The van der Waals surface area contributed by atoms with Crippen molar-refractivity contribution in [2.45, 2.75) is 56.2 Å². The number of nitrogens with one attached hydrogen (secondary N) is 2. The zero-order chi connectivity index (χ0) is 28.9. The van der Waals surface area contributed by atoms with Gasteiger partial charge in [-0.1, -0.05) is 91.0 Å². The first-order valence-corrected chi connectivity index (χ1v) is 14.4. The van der Waals surface area contributed by atoms with Crippen molar-refractivity contribution in [2.75, 3.05) is 6.61 Å². The number of aromatic amines is 1. The highest BCUT2D eigenvalue weighted by molar-refractivity contribution is 6.10. The summed E-state index contributed by atoms with van der Waals surface area (Å²) in [6.07, 6.45) is 0.174.